The van der Waals surface area contributed by atoms with Crippen molar-refractivity contribution < 1.29 is 13.9 Å². The smallest absolute Gasteiger partial charge is 0.397 e. The van der Waals surface area contributed by atoms with Crippen molar-refractivity contribution in [1.29, 1.82) is 0 Å². The maximum Gasteiger partial charge on any atom is 0.397 e. The van der Waals surface area contributed by atoms with Gasteiger partial charge in [-0.15, -0.1) is 0 Å². The number of carbonyl (C=O) groups is 1. The molecule has 1 heterocycles. The number of aromatic nitrogens is 1. The Labute approximate surface area is 140 Å². The van der Waals surface area contributed by atoms with Gasteiger partial charge in [0.1, 0.15) is 5.52 Å². The van der Waals surface area contributed by atoms with Crippen LogP contribution in [0.2, 0.25) is 0 Å². The van der Waals surface area contributed by atoms with Gasteiger partial charge < -0.3 is 14.5 Å². The van der Waals surface area contributed by atoms with Crippen molar-refractivity contribution in [2.75, 3.05) is 11.9 Å². The number of anilines is 1. The number of ether oxygens (including phenoxy) is 1. The summed E-state index contributed by atoms with van der Waals surface area (Å²) in [6.45, 7) is 3.68. The van der Waals surface area contributed by atoms with Gasteiger partial charge in [-0.1, -0.05) is 25.3 Å². The zero-order valence-electron chi connectivity index (χ0n) is 14.1. The van der Waals surface area contributed by atoms with E-state index in [-0.39, 0.29) is 12.0 Å². The lowest BCUT2D eigenvalue weighted by Gasteiger charge is -2.09. The van der Waals surface area contributed by atoms with E-state index in [1.807, 2.05) is 0 Å². The van der Waals surface area contributed by atoms with E-state index in [4.69, 9.17) is 9.15 Å². The van der Waals surface area contributed by atoms with Crippen LogP contribution in [0.4, 0.5) is 5.69 Å². The van der Waals surface area contributed by atoms with Gasteiger partial charge in [0.25, 0.3) is 0 Å². The monoisotopic (exact) mass is 330 g/mol. The number of aryl methyl sites for hydroxylation is 1. The molecule has 128 valence electrons. The molecule has 1 saturated carbocycles. The van der Waals surface area contributed by atoms with Crippen molar-refractivity contribution in [3.63, 3.8) is 0 Å². The minimum absolute atomic E-state index is 0.0453. The zero-order chi connectivity index (χ0) is 17.1. The molecule has 0 radical (unpaired) electrons. The van der Waals surface area contributed by atoms with E-state index in [1.54, 1.807) is 19.1 Å². The van der Waals surface area contributed by atoms with Gasteiger partial charge in [-0.05, 0) is 37.3 Å². The highest BCUT2D eigenvalue weighted by Crippen LogP contribution is 2.33. The van der Waals surface area contributed by atoms with E-state index < -0.39 is 5.63 Å². The van der Waals surface area contributed by atoms with Crippen LogP contribution in [-0.2, 0) is 4.79 Å². The van der Waals surface area contributed by atoms with Crippen LogP contribution in [0.3, 0.4) is 0 Å². The lowest BCUT2D eigenvalue weighted by molar-refractivity contribution is -0.114. The first-order valence-electron chi connectivity index (χ1n) is 8.39. The second-order valence-electron chi connectivity index (χ2n) is 6.39. The summed E-state index contributed by atoms with van der Waals surface area (Å²) >= 11 is 0. The Hall–Kier alpha value is -2.37. The summed E-state index contributed by atoms with van der Waals surface area (Å²) in [5.41, 5.74) is 1.12. The summed E-state index contributed by atoms with van der Waals surface area (Å²) in [7, 11) is 0. The molecule has 1 N–H and O–H groups in total. The van der Waals surface area contributed by atoms with E-state index in [9.17, 15) is 9.59 Å². The van der Waals surface area contributed by atoms with Gasteiger partial charge in [0.15, 0.2) is 0 Å². The van der Waals surface area contributed by atoms with Gasteiger partial charge in [0.2, 0.25) is 5.91 Å². The maximum atomic E-state index is 12.2. The molecule has 1 fully saturated rings. The van der Waals surface area contributed by atoms with Crippen LogP contribution < -0.4 is 15.7 Å². The highest BCUT2D eigenvalue weighted by Gasteiger charge is 2.20. The lowest BCUT2D eigenvalue weighted by atomic mass is 10.1. The first-order chi connectivity index (χ1) is 11.5. The number of hydrogen-bond donors (Lipinski definition) is 1. The minimum atomic E-state index is -0.502. The Morgan fingerprint density at radius 1 is 1.38 bits per heavy atom. The van der Waals surface area contributed by atoms with Crippen molar-refractivity contribution in [2.45, 2.75) is 46.0 Å². The maximum absolute atomic E-state index is 12.2. The Bertz CT molecular complexity index is 809. The van der Waals surface area contributed by atoms with E-state index in [2.05, 4.69) is 10.3 Å². The molecule has 1 aliphatic rings. The number of amides is 1. The molecule has 24 heavy (non-hydrogen) atoms. The molecule has 0 saturated heterocycles. The first-order valence-corrected chi connectivity index (χ1v) is 8.39. The minimum Gasteiger partial charge on any atom is -0.450 e. The molecule has 0 unspecified atom stereocenters. The second kappa shape index (κ2) is 7.03. The number of benzene rings is 1. The highest BCUT2D eigenvalue weighted by atomic mass is 16.6. The summed E-state index contributed by atoms with van der Waals surface area (Å²) in [6, 6.07) is 3.48. The van der Waals surface area contributed by atoms with Gasteiger partial charge >= 0.3 is 11.7 Å². The highest BCUT2D eigenvalue weighted by molar-refractivity contribution is 6.00. The van der Waals surface area contributed by atoms with E-state index in [1.165, 1.54) is 26.2 Å². The summed E-state index contributed by atoms with van der Waals surface area (Å²) in [5, 5.41) is 3.05. The van der Waals surface area contributed by atoms with Crippen molar-refractivity contribution in [1.82, 2.24) is 4.98 Å². The third-order valence-corrected chi connectivity index (χ3v) is 4.21. The van der Waals surface area contributed by atoms with Crippen LogP contribution in [0.1, 0.15) is 44.6 Å². The number of rotatable bonds is 7. The molecule has 1 amide bonds. The SMILES string of the molecule is CC(=O)Nc1ccc(C)c2c(=O)oc(OCCCCC3CC3)nc12. The van der Waals surface area contributed by atoms with E-state index in [0.29, 0.717) is 23.2 Å². The van der Waals surface area contributed by atoms with Gasteiger partial charge in [-0.2, -0.15) is 4.98 Å². The average Bonchev–Trinajstić information content (AvgIpc) is 3.33. The average molecular weight is 330 g/mol. The summed E-state index contributed by atoms with van der Waals surface area (Å²) in [6.07, 6.45) is 5.92. The number of hydrogen-bond acceptors (Lipinski definition) is 5. The quantitative estimate of drug-likeness (QED) is 0.787. The molecule has 0 aliphatic heterocycles. The van der Waals surface area contributed by atoms with Crippen molar-refractivity contribution in [2.24, 2.45) is 5.92 Å². The predicted octanol–water partition coefficient (Wildman–Crippen LogP) is 3.41. The van der Waals surface area contributed by atoms with Crippen LogP contribution in [-0.4, -0.2) is 17.5 Å². The molecule has 6 heteroatoms. The third-order valence-electron chi connectivity index (χ3n) is 4.21. The molecular weight excluding hydrogens is 308 g/mol. The molecular formula is C18H22N2O4. The van der Waals surface area contributed by atoms with Crippen molar-refractivity contribution >= 4 is 22.5 Å². The van der Waals surface area contributed by atoms with Crippen molar-refractivity contribution in [3.05, 3.63) is 28.1 Å². The molecule has 2 aromatic rings. The fraction of sp³-hybridized carbons (Fsp3) is 0.500. The molecule has 6 nitrogen and oxygen atoms in total. The standard InChI is InChI=1S/C18H22N2O4/c1-11-6-9-14(19-12(2)21)16-15(11)17(22)24-18(20-16)23-10-4-3-5-13-7-8-13/h6,9,13H,3-5,7-8,10H2,1-2H3,(H,19,21). The molecule has 1 aromatic heterocycles. The fourth-order valence-corrected chi connectivity index (χ4v) is 2.76. The van der Waals surface area contributed by atoms with Crippen LogP contribution in [0, 0.1) is 12.8 Å². The first kappa shape index (κ1) is 16.5. The van der Waals surface area contributed by atoms with E-state index >= 15 is 0 Å². The molecule has 1 aromatic carbocycles. The fourth-order valence-electron chi connectivity index (χ4n) is 2.76. The van der Waals surface area contributed by atoms with Gasteiger partial charge in [-0.3, -0.25) is 4.79 Å². The molecule has 0 bridgehead atoms. The number of nitrogens with zero attached hydrogens (tertiary/aromatic N) is 1. The van der Waals surface area contributed by atoms with Crippen molar-refractivity contribution in [3.8, 4) is 6.08 Å². The lowest BCUT2D eigenvalue weighted by Crippen LogP contribution is -2.11. The second-order valence-corrected chi connectivity index (χ2v) is 6.39. The van der Waals surface area contributed by atoms with Crippen LogP contribution in [0.25, 0.3) is 10.9 Å². The molecule has 0 atom stereocenters. The summed E-state index contributed by atoms with van der Waals surface area (Å²) < 4.78 is 10.7. The van der Waals surface area contributed by atoms with Crippen LogP contribution in [0.5, 0.6) is 6.08 Å². The normalized spacial score (nSPS) is 13.9. The van der Waals surface area contributed by atoms with E-state index in [0.717, 1.165) is 24.3 Å². The molecule has 3 rings (SSSR count). The summed E-state index contributed by atoms with van der Waals surface area (Å²) in [5.74, 6) is 0.683. The zero-order valence-corrected chi connectivity index (χ0v) is 14.1. The van der Waals surface area contributed by atoms with Crippen LogP contribution >= 0.6 is 0 Å². The van der Waals surface area contributed by atoms with Gasteiger partial charge in [0.05, 0.1) is 17.7 Å². The Morgan fingerprint density at radius 3 is 2.88 bits per heavy atom. The topological polar surface area (TPSA) is 81.4 Å². The Morgan fingerprint density at radius 2 is 2.17 bits per heavy atom. The Kier molecular flexibility index (Phi) is 4.83. The number of unbranched alkanes of at least 4 members (excludes halogenated alkanes) is 1. The molecule has 0 spiro atoms. The van der Waals surface area contributed by atoms with Gasteiger partial charge in [0, 0.05) is 6.92 Å². The van der Waals surface area contributed by atoms with Gasteiger partial charge in [-0.25, -0.2) is 4.79 Å². The van der Waals surface area contributed by atoms with Crippen LogP contribution in [0.15, 0.2) is 21.3 Å². The summed E-state index contributed by atoms with van der Waals surface area (Å²) in [4.78, 5) is 27.9. The number of carbonyl (C=O) groups excluding carboxylic acids is 1. The number of fused-ring (bicyclic) bond motifs is 1. The number of nitrogens with one attached hydrogen (secondary N) is 1. The largest absolute Gasteiger partial charge is 0.450 e. The predicted molar refractivity (Wildman–Crippen MR) is 91.4 cm³/mol. The molecule has 1 aliphatic carbocycles. The Balaban J connectivity index is 1.78. The third kappa shape index (κ3) is 3.93.